The molecule has 0 heterocycles. The normalized spacial score (nSPS) is 9.60. The SMILES string of the molecule is C=CCOC(=O)c1ccc(C(=O)OCC=C)c(C(=O)OCC=C)c1C(=O)OCC=C. The summed E-state index contributed by atoms with van der Waals surface area (Å²) in [6, 6.07) is 2.31. The zero-order valence-electron chi connectivity index (χ0n) is 16.4. The number of benzene rings is 1. The molecule has 0 saturated carbocycles. The fourth-order valence-electron chi connectivity index (χ4n) is 2.21. The van der Waals surface area contributed by atoms with Crippen molar-refractivity contribution >= 4 is 23.9 Å². The van der Waals surface area contributed by atoms with E-state index in [9.17, 15) is 19.2 Å². The predicted octanol–water partition coefficient (Wildman–Crippen LogP) is 3.06. The Morgan fingerprint density at radius 1 is 0.567 bits per heavy atom. The Hall–Kier alpha value is -3.94. The van der Waals surface area contributed by atoms with E-state index in [0.717, 1.165) is 12.1 Å². The molecular weight excluding hydrogens is 392 g/mol. The first-order valence-corrected chi connectivity index (χ1v) is 8.71. The molecule has 8 nitrogen and oxygen atoms in total. The first-order chi connectivity index (χ1) is 14.4. The highest BCUT2D eigenvalue weighted by molar-refractivity contribution is 6.15. The summed E-state index contributed by atoms with van der Waals surface area (Å²) in [6.45, 7) is 13.1. The van der Waals surface area contributed by atoms with Gasteiger partial charge in [-0.05, 0) is 12.1 Å². The van der Waals surface area contributed by atoms with E-state index in [4.69, 9.17) is 18.9 Å². The lowest BCUT2D eigenvalue weighted by atomic mass is 9.95. The van der Waals surface area contributed by atoms with E-state index in [1.165, 1.54) is 24.3 Å². The Bertz CT molecular complexity index is 795. The number of hydrogen-bond acceptors (Lipinski definition) is 8. The van der Waals surface area contributed by atoms with Crippen LogP contribution in [0.4, 0.5) is 0 Å². The van der Waals surface area contributed by atoms with Crippen molar-refractivity contribution in [2.24, 2.45) is 0 Å². The molecule has 158 valence electrons. The molecule has 0 aromatic heterocycles. The third-order valence-electron chi connectivity index (χ3n) is 3.38. The summed E-state index contributed by atoms with van der Waals surface area (Å²) in [7, 11) is 0. The van der Waals surface area contributed by atoms with Crippen LogP contribution in [0.25, 0.3) is 0 Å². The molecule has 0 radical (unpaired) electrons. The molecule has 0 aliphatic heterocycles. The third-order valence-corrected chi connectivity index (χ3v) is 3.38. The van der Waals surface area contributed by atoms with E-state index < -0.39 is 35.0 Å². The van der Waals surface area contributed by atoms with Gasteiger partial charge in [-0.15, -0.1) is 0 Å². The molecule has 0 N–H and O–H groups in total. The number of hydrogen-bond donors (Lipinski definition) is 0. The average molecular weight is 414 g/mol. The van der Waals surface area contributed by atoms with E-state index in [1.807, 2.05) is 0 Å². The number of rotatable bonds is 12. The lowest BCUT2D eigenvalue weighted by Crippen LogP contribution is -2.24. The maximum absolute atomic E-state index is 12.7. The zero-order chi connectivity index (χ0) is 22.5. The van der Waals surface area contributed by atoms with Crippen molar-refractivity contribution in [3.63, 3.8) is 0 Å². The third kappa shape index (κ3) is 6.30. The second-order valence-corrected chi connectivity index (χ2v) is 5.46. The molecule has 0 spiro atoms. The highest BCUT2D eigenvalue weighted by atomic mass is 16.5. The molecule has 0 aliphatic carbocycles. The average Bonchev–Trinajstić information content (AvgIpc) is 2.76. The lowest BCUT2D eigenvalue weighted by molar-refractivity contribution is 0.0468. The van der Waals surface area contributed by atoms with Crippen LogP contribution >= 0.6 is 0 Å². The molecular formula is C22H22O8. The van der Waals surface area contributed by atoms with Crippen molar-refractivity contribution in [2.75, 3.05) is 26.4 Å². The molecule has 0 aliphatic rings. The van der Waals surface area contributed by atoms with Crippen molar-refractivity contribution in [1.29, 1.82) is 0 Å². The van der Waals surface area contributed by atoms with Gasteiger partial charge in [-0.2, -0.15) is 0 Å². The van der Waals surface area contributed by atoms with Gasteiger partial charge in [0.15, 0.2) is 0 Å². The van der Waals surface area contributed by atoms with Gasteiger partial charge in [-0.1, -0.05) is 50.6 Å². The van der Waals surface area contributed by atoms with E-state index in [0.29, 0.717) is 0 Å². The Labute approximate surface area is 174 Å². The Morgan fingerprint density at radius 2 is 0.833 bits per heavy atom. The molecule has 1 aromatic rings. The maximum atomic E-state index is 12.7. The van der Waals surface area contributed by atoms with Crippen molar-refractivity contribution in [1.82, 2.24) is 0 Å². The minimum atomic E-state index is -1.05. The molecule has 1 rings (SSSR count). The topological polar surface area (TPSA) is 105 Å². The zero-order valence-corrected chi connectivity index (χ0v) is 16.4. The first-order valence-electron chi connectivity index (χ1n) is 8.71. The highest BCUT2D eigenvalue weighted by Crippen LogP contribution is 2.24. The minimum Gasteiger partial charge on any atom is -0.458 e. The van der Waals surface area contributed by atoms with E-state index >= 15 is 0 Å². The van der Waals surface area contributed by atoms with Gasteiger partial charge in [0.25, 0.3) is 0 Å². The maximum Gasteiger partial charge on any atom is 0.340 e. The lowest BCUT2D eigenvalue weighted by Gasteiger charge is -2.16. The molecule has 0 saturated heterocycles. The largest absolute Gasteiger partial charge is 0.458 e. The highest BCUT2D eigenvalue weighted by Gasteiger charge is 2.32. The predicted molar refractivity (Wildman–Crippen MR) is 108 cm³/mol. The molecule has 0 unspecified atom stereocenters. The summed E-state index contributed by atoms with van der Waals surface area (Å²) >= 11 is 0. The monoisotopic (exact) mass is 414 g/mol. The van der Waals surface area contributed by atoms with Gasteiger partial charge in [0.1, 0.15) is 26.4 Å². The Balaban J connectivity index is 3.71. The summed E-state index contributed by atoms with van der Waals surface area (Å²) in [5.74, 6) is -3.96. The Morgan fingerprint density at radius 3 is 1.10 bits per heavy atom. The number of ether oxygens (including phenoxy) is 4. The fraction of sp³-hybridized carbons (Fsp3) is 0.182. The second-order valence-electron chi connectivity index (χ2n) is 5.46. The van der Waals surface area contributed by atoms with Gasteiger partial charge in [0.2, 0.25) is 0 Å². The van der Waals surface area contributed by atoms with Gasteiger partial charge in [-0.25, -0.2) is 19.2 Å². The summed E-state index contributed by atoms with van der Waals surface area (Å²) in [6.07, 6.45) is 5.25. The fourth-order valence-corrected chi connectivity index (χ4v) is 2.21. The van der Waals surface area contributed by atoms with Gasteiger partial charge >= 0.3 is 23.9 Å². The number of esters is 4. The Kier molecular flexibility index (Phi) is 10.0. The van der Waals surface area contributed by atoms with E-state index in [-0.39, 0.29) is 37.6 Å². The van der Waals surface area contributed by atoms with Crippen LogP contribution < -0.4 is 0 Å². The van der Waals surface area contributed by atoms with Crippen LogP contribution in [-0.2, 0) is 18.9 Å². The van der Waals surface area contributed by atoms with Crippen LogP contribution in [-0.4, -0.2) is 50.3 Å². The summed E-state index contributed by atoms with van der Waals surface area (Å²) in [5, 5.41) is 0. The van der Waals surface area contributed by atoms with E-state index in [1.54, 1.807) is 0 Å². The molecule has 0 amide bonds. The molecule has 0 bridgehead atoms. The number of carbonyl (C=O) groups excluding carboxylic acids is 4. The molecule has 8 heteroatoms. The van der Waals surface area contributed by atoms with Crippen molar-refractivity contribution in [3.05, 3.63) is 85.0 Å². The molecule has 1 aromatic carbocycles. The van der Waals surface area contributed by atoms with Gasteiger partial charge in [0.05, 0.1) is 22.3 Å². The second kappa shape index (κ2) is 12.5. The first kappa shape index (κ1) is 24.1. The van der Waals surface area contributed by atoms with Crippen molar-refractivity contribution in [2.45, 2.75) is 0 Å². The smallest absolute Gasteiger partial charge is 0.340 e. The van der Waals surface area contributed by atoms with Gasteiger partial charge < -0.3 is 18.9 Å². The molecule has 0 fully saturated rings. The minimum absolute atomic E-state index is 0.140. The summed E-state index contributed by atoms with van der Waals surface area (Å²) in [5.41, 5.74) is -1.57. The summed E-state index contributed by atoms with van der Waals surface area (Å²) < 4.78 is 19.9. The van der Waals surface area contributed by atoms with Crippen molar-refractivity contribution in [3.8, 4) is 0 Å². The standard InChI is InChI=1S/C22H22O8/c1-5-11-27-19(23)15-9-10-16(20(24)28-12-6-2)18(22(26)30-14-8-4)17(15)21(25)29-13-7-3/h5-10H,1-4,11-14H2. The van der Waals surface area contributed by atoms with Crippen LogP contribution in [0.15, 0.2) is 62.8 Å². The van der Waals surface area contributed by atoms with Gasteiger partial charge in [0, 0.05) is 0 Å². The molecule has 0 atom stereocenters. The van der Waals surface area contributed by atoms with E-state index in [2.05, 4.69) is 26.3 Å². The summed E-state index contributed by atoms with van der Waals surface area (Å²) in [4.78, 5) is 50.3. The quantitative estimate of drug-likeness (QED) is 0.292. The molecule has 30 heavy (non-hydrogen) atoms. The van der Waals surface area contributed by atoms with Crippen LogP contribution in [0.3, 0.4) is 0 Å². The van der Waals surface area contributed by atoms with Crippen LogP contribution in [0.1, 0.15) is 41.4 Å². The van der Waals surface area contributed by atoms with Crippen LogP contribution in [0, 0.1) is 0 Å². The number of carbonyl (C=O) groups is 4. The van der Waals surface area contributed by atoms with Crippen LogP contribution in [0.2, 0.25) is 0 Å². The van der Waals surface area contributed by atoms with Crippen molar-refractivity contribution < 1.29 is 38.1 Å². The van der Waals surface area contributed by atoms with Gasteiger partial charge in [-0.3, -0.25) is 0 Å². The van der Waals surface area contributed by atoms with Crippen LogP contribution in [0.5, 0.6) is 0 Å².